The molecule has 0 bridgehead atoms. The van der Waals surface area contributed by atoms with E-state index < -0.39 is 71.9 Å². The van der Waals surface area contributed by atoms with Gasteiger partial charge in [0.2, 0.25) is 35.4 Å². The maximum Gasteiger partial charge on any atom is 0.321 e. The van der Waals surface area contributed by atoms with E-state index in [1.807, 2.05) is 36.4 Å². The molecule has 3 aromatic carbocycles. The summed E-state index contributed by atoms with van der Waals surface area (Å²) in [5.41, 5.74) is 3.14. The fourth-order valence-corrected chi connectivity index (χ4v) is 11.1. The minimum atomic E-state index is -1.12. The molecular formula is C54H70N12O8. The lowest BCUT2D eigenvalue weighted by molar-refractivity contribution is -0.144. The molecule has 20 nitrogen and oxygen atoms in total. The molecule has 8 N–H and O–H groups in total. The second-order valence-corrected chi connectivity index (χ2v) is 20.8. The van der Waals surface area contributed by atoms with Crippen molar-refractivity contribution in [1.29, 1.82) is 0 Å². The number of likely N-dealkylation sites (N-methyl/N-ethyl adjacent to an activating group) is 2. The standard InChI is InChI=1S/C54H70N12O8/c1-31(55-3)47(67)61-43-29-63(25-23-37-19-21-45(65(37)51(43)71)49(69)59-41-27-39(41)33-11-7-5-8-12-33)53(73)57-35-15-17-36(18-16-35)58-54(74)64-26-24-38-20-22-46(50(70)60-42-28-40(42)34-13-9-6-10-14-34)66(38)52(72)44(30-64)62-48(68)32(2)56-4/h5-18,31-32,37-46,55-56H,19-30H2,1-4H3,(H,57,73)(H,58,74)(H,59,69)(H,60,70)(H,61,67)(H,62,68)/t31-,32-,37+,38+,39+,40+,41-,42-,43-,44-,45-,46-/m0/s1. The van der Waals surface area contributed by atoms with Crippen LogP contribution in [0, 0.1) is 0 Å². The van der Waals surface area contributed by atoms with E-state index in [9.17, 15) is 38.4 Å². The highest BCUT2D eigenvalue weighted by molar-refractivity contribution is 5.97. The van der Waals surface area contributed by atoms with Crippen molar-refractivity contribution in [2.75, 3.05) is 50.9 Å². The van der Waals surface area contributed by atoms with Crippen LogP contribution < -0.4 is 42.5 Å². The topological polar surface area (TPSA) is 246 Å². The van der Waals surface area contributed by atoms with Gasteiger partial charge in [-0.25, -0.2) is 9.59 Å². The zero-order valence-corrected chi connectivity index (χ0v) is 42.6. The van der Waals surface area contributed by atoms with E-state index in [2.05, 4.69) is 66.8 Å². The number of nitrogens with zero attached hydrogens (tertiary/aromatic N) is 4. The van der Waals surface area contributed by atoms with E-state index in [0.29, 0.717) is 49.9 Å². The van der Waals surface area contributed by atoms with Crippen LogP contribution in [-0.4, -0.2) is 168 Å². The smallest absolute Gasteiger partial charge is 0.321 e. The predicted molar refractivity (Wildman–Crippen MR) is 277 cm³/mol. The molecule has 0 unspecified atom stereocenters. The molecule has 12 atom stereocenters. The first-order chi connectivity index (χ1) is 35.7. The van der Waals surface area contributed by atoms with Gasteiger partial charge in [-0.3, -0.25) is 28.8 Å². The highest BCUT2D eigenvalue weighted by Gasteiger charge is 2.50. The zero-order valence-electron chi connectivity index (χ0n) is 42.6. The van der Waals surface area contributed by atoms with Gasteiger partial charge in [-0.2, -0.15) is 0 Å². The van der Waals surface area contributed by atoms with Crippen molar-refractivity contribution in [2.45, 2.75) is 137 Å². The Bertz CT molecular complexity index is 2400. The first-order valence-electron chi connectivity index (χ1n) is 26.2. The largest absolute Gasteiger partial charge is 0.351 e. The molecule has 394 valence electrons. The second kappa shape index (κ2) is 22.6. The van der Waals surface area contributed by atoms with Crippen LogP contribution in [0.2, 0.25) is 0 Å². The van der Waals surface area contributed by atoms with Gasteiger partial charge in [0.25, 0.3) is 0 Å². The number of rotatable bonds is 14. The van der Waals surface area contributed by atoms with Crippen LogP contribution in [-0.2, 0) is 28.8 Å². The lowest BCUT2D eigenvalue weighted by atomic mass is 10.1. The first-order valence-corrected chi connectivity index (χ1v) is 26.2. The van der Waals surface area contributed by atoms with Gasteiger partial charge in [0.15, 0.2) is 0 Å². The van der Waals surface area contributed by atoms with Crippen LogP contribution in [0.15, 0.2) is 84.9 Å². The van der Waals surface area contributed by atoms with Gasteiger partial charge in [0, 0.05) is 60.5 Å². The molecule has 4 saturated heterocycles. The molecule has 20 heteroatoms. The predicted octanol–water partition coefficient (Wildman–Crippen LogP) is 2.41. The molecule has 0 spiro atoms. The van der Waals surface area contributed by atoms with Crippen molar-refractivity contribution in [3.8, 4) is 0 Å². The van der Waals surface area contributed by atoms with Gasteiger partial charge in [-0.15, -0.1) is 0 Å². The Kier molecular flexibility index (Phi) is 15.8. The van der Waals surface area contributed by atoms with Crippen LogP contribution in [0.25, 0.3) is 0 Å². The molecule has 3 aromatic rings. The number of carbonyl (C=O) groups excluding carboxylic acids is 8. The summed E-state index contributed by atoms with van der Waals surface area (Å²) in [5.74, 6) is -1.65. The van der Waals surface area contributed by atoms with Crippen molar-refractivity contribution in [2.24, 2.45) is 0 Å². The molecule has 4 aliphatic heterocycles. The third kappa shape index (κ3) is 11.7. The normalized spacial score (nSPS) is 28.2. The molecular weight excluding hydrogens is 945 g/mol. The summed E-state index contributed by atoms with van der Waals surface area (Å²) in [4.78, 5) is 117. The number of hydrogen-bond acceptors (Lipinski definition) is 10. The van der Waals surface area contributed by atoms with E-state index >= 15 is 0 Å². The zero-order chi connectivity index (χ0) is 52.2. The Hall–Kier alpha value is -7.06. The van der Waals surface area contributed by atoms with Gasteiger partial charge in [-0.1, -0.05) is 60.7 Å². The number of amides is 10. The van der Waals surface area contributed by atoms with E-state index in [-0.39, 0.29) is 74.0 Å². The molecule has 6 fully saturated rings. The molecule has 10 amide bonds. The highest BCUT2D eigenvalue weighted by atomic mass is 16.2. The lowest BCUT2D eigenvalue weighted by Crippen LogP contribution is -2.62. The monoisotopic (exact) mass is 1010 g/mol. The second-order valence-electron chi connectivity index (χ2n) is 20.8. The number of nitrogens with one attached hydrogen (secondary N) is 8. The Morgan fingerprint density at radius 3 is 1.24 bits per heavy atom. The lowest BCUT2D eigenvalue weighted by Gasteiger charge is -2.39. The fraction of sp³-hybridized carbons (Fsp3) is 0.519. The number of carbonyl (C=O) groups is 8. The molecule has 6 aliphatic rings. The quantitative estimate of drug-likeness (QED) is 0.117. The summed E-state index contributed by atoms with van der Waals surface area (Å²) < 4.78 is 0. The van der Waals surface area contributed by atoms with Crippen LogP contribution in [0.3, 0.4) is 0 Å². The van der Waals surface area contributed by atoms with Crippen LogP contribution in [0.4, 0.5) is 21.0 Å². The molecule has 0 aromatic heterocycles. The van der Waals surface area contributed by atoms with Gasteiger partial charge >= 0.3 is 12.1 Å². The Balaban J connectivity index is 0.822. The average molecular weight is 1020 g/mol. The van der Waals surface area contributed by atoms with Crippen LogP contribution in [0.1, 0.15) is 88.2 Å². The average Bonchev–Trinajstić information content (AvgIpc) is 4.27. The highest BCUT2D eigenvalue weighted by Crippen LogP contribution is 2.42. The van der Waals surface area contributed by atoms with E-state index in [1.165, 1.54) is 9.80 Å². The van der Waals surface area contributed by atoms with Gasteiger partial charge in [0.1, 0.15) is 24.2 Å². The molecule has 0 radical (unpaired) electrons. The van der Waals surface area contributed by atoms with Gasteiger partial charge in [0.05, 0.1) is 25.2 Å². The summed E-state index contributed by atoms with van der Waals surface area (Å²) in [6.07, 6.45) is 4.59. The first kappa shape index (κ1) is 51.8. The number of fused-ring (bicyclic) bond motifs is 2. The summed E-state index contributed by atoms with van der Waals surface area (Å²) in [6.45, 7) is 3.59. The molecule has 4 heterocycles. The maximum absolute atomic E-state index is 14.5. The van der Waals surface area contributed by atoms with Crippen LogP contribution in [0.5, 0.6) is 0 Å². The third-order valence-electron chi connectivity index (χ3n) is 15.9. The van der Waals surface area contributed by atoms with E-state index in [0.717, 1.165) is 24.0 Å². The van der Waals surface area contributed by atoms with Crippen molar-refractivity contribution < 1.29 is 38.4 Å². The maximum atomic E-state index is 14.5. The summed E-state index contributed by atoms with van der Waals surface area (Å²) >= 11 is 0. The molecule has 2 saturated carbocycles. The Labute approximate surface area is 431 Å². The van der Waals surface area contributed by atoms with E-state index in [1.54, 1.807) is 62.0 Å². The number of benzene rings is 3. The van der Waals surface area contributed by atoms with Crippen molar-refractivity contribution >= 4 is 58.9 Å². The number of anilines is 2. The van der Waals surface area contributed by atoms with Crippen molar-refractivity contribution in [1.82, 2.24) is 51.5 Å². The van der Waals surface area contributed by atoms with Crippen LogP contribution >= 0.6 is 0 Å². The summed E-state index contributed by atoms with van der Waals surface area (Å²) in [6, 6.07) is 20.0. The minimum Gasteiger partial charge on any atom is -0.351 e. The minimum absolute atomic E-state index is 0.0155. The molecule has 2 aliphatic carbocycles. The molecule has 9 rings (SSSR count). The Morgan fingerprint density at radius 1 is 0.500 bits per heavy atom. The third-order valence-corrected chi connectivity index (χ3v) is 15.9. The number of urea groups is 2. The fourth-order valence-electron chi connectivity index (χ4n) is 11.1. The van der Waals surface area contributed by atoms with Gasteiger partial charge < -0.3 is 62.1 Å². The van der Waals surface area contributed by atoms with E-state index in [4.69, 9.17) is 0 Å². The van der Waals surface area contributed by atoms with Crippen molar-refractivity contribution in [3.63, 3.8) is 0 Å². The van der Waals surface area contributed by atoms with Crippen molar-refractivity contribution in [3.05, 3.63) is 96.1 Å². The number of hydrogen-bond donors (Lipinski definition) is 8. The Morgan fingerprint density at radius 2 is 0.878 bits per heavy atom. The summed E-state index contributed by atoms with van der Waals surface area (Å²) in [7, 11) is 3.27. The summed E-state index contributed by atoms with van der Waals surface area (Å²) in [5, 5.41) is 23.7. The van der Waals surface area contributed by atoms with Gasteiger partial charge in [-0.05, 0) is 115 Å². The molecule has 74 heavy (non-hydrogen) atoms. The SMILES string of the molecule is CN[C@@H](C)C(=O)N[C@H]1CN(C(=O)Nc2ccc(NC(=O)N3CC[C@H]4CC[C@@H](C(=O)N[C@H]5C[C@@H]5c5ccccc5)N4C(=O)[C@@H](NC(=O)[C@H](C)NC)C3)cc2)CC[C@H]2CC[C@@H](C(=O)N[C@H]3C[C@@H]3c3ccccc3)N2C1=O.